The lowest BCUT2D eigenvalue weighted by molar-refractivity contribution is -0.134. The van der Waals surface area contributed by atoms with Gasteiger partial charge in [-0.15, -0.1) is 0 Å². The van der Waals surface area contributed by atoms with Crippen LogP contribution in [-0.4, -0.2) is 36.3 Å². The maximum Gasteiger partial charge on any atom is 0.233 e. The van der Waals surface area contributed by atoms with Crippen molar-refractivity contribution in [2.24, 2.45) is 5.92 Å². The average Bonchev–Trinajstić information content (AvgIpc) is 3.70. The second-order valence-electron chi connectivity index (χ2n) is 10.1. The maximum absolute atomic E-state index is 13.4. The highest BCUT2D eigenvalue weighted by molar-refractivity contribution is 5.92. The van der Waals surface area contributed by atoms with Gasteiger partial charge in [-0.25, -0.2) is 0 Å². The highest BCUT2D eigenvalue weighted by Gasteiger charge is 2.61. The first-order valence-electron chi connectivity index (χ1n) is 15.0. The number of nitrogens with one attached hydrogen (secondary N) is 1. The van der Waals surface area contributed by atoms with Gasteiger partial charge in [-0.2, -0.15) is 0 Å². The fraction of sp³-hybridized carbons (Fsp3) is 0.486. The number of nitrogens with zero attached hydrogens (tertiary/aromatic N) is 1. The molecule has 1 N–H and O–H groups in total. The molecule has 2 rings (SSSR count). The zero-order valence-corrected chi connectivity index (χ0v) is 24.5. The van der Waals surface area contributed by atoms with Gasteiger partial charge in [-0.05, 0) is 76.7 Å². The third-order valence-corrected chi connectivity index (χ3v) is 7.30. The van der Waals surface area contributed by atoms with E-state index in [-0.39, 0.29) is 17.7 Å². The molecule has 1 aromatic carbocycles. The minimum atomic E-state index is -0.491. The number of benzene rings is 1. The van der Waals surface area contributed by atoms with E-state index in [0.717, 1.165) is 56.9 Å². The fourth-order valence-electron chi connectivity index (χ4n) is 4.92. The van der Waals surface area contributed by atoms with Crippen LogP contribution in [-0.2, 0) is 15.0 Å². The Kier molecular flexibility index (Phi) is 15.6. The fourth-order valence-corrected chi connectivity index (χ4v) is 4.92. The summed E-state index contributed by atoms with van der Waals surface area (Å²) in [6.07, 6.45) is 30.0. The highest BCUT2D eigenvalue weighted by atomic mass is 16.2. The van der Waals surface area contributed by atoms with Crippen molar-refractivity contribution in [3.05, 3.63) is 96.7 Å². The van der Waals surface area contributed by atoms with E-state index in [9.17, 15) is 9.59 Å². The molecule has 1 saturated carbocycles. The zero-order valence-electron chi connectivity index (χ0n) is 24.5. The molecule has 2 atom stereocenters. The monoisotopic (exact) mass is 530 g/mol. The summed E-state index contributed by atoms with van der Waals surface area (Å²) < 4.78 is 0. The second-order valence-corrected chi connectivity index (χ2v) is 10.1. The molecule has 0 aliphatic heterocycles. The molecule has 0 spiro atoms. The first-order chi connectivity index (χ1) is 19.1. The van der Waals surface area contributed by atoms with Crippen molar-refractivity contribution >= 4 is 11.8 Å². The lowest BCUT2D eigenvalue weighted by Crippen LogP contribution is -2.41. The lowest BCUT2D eigenvalue weighted by Gasteiger charge is -2.26. The van der Waals surface area contributed by atoms with Crippen LogP contribution in [0, 0.1) is 5.92 Å². The maximum atomic E-state index is 13.4. The molecular weight excluding hydrogens is 480 g/mol. The quantitative estimate of drug-likeness (QED) is 0.146. The van der Waals surface area contributed by atoms with Gasteiger partial charge in [-0.1, -0.05) is 98.0 Å². The molecule has 212 valence electrons. The Morgan fingerprint density at radius 2 is 1.36 bits per heavy atom. The SMILES string of the molecule is CC/C=C\C/C=C\C/C=C\C/C=C\C/C=C\CCCC(=O)NCC1CC1(C(=O)N(CC)CC)c1ccccc1. The van der Waals surface area contributed by atoms with Crippen LogP contribution >= 0.6 is 0 Å². The summed E-state index contributed by atoms with van der Waals surface area (Å²) in [5.41, 5.74) is 0.578. The van der Waals surface area contributed by atoms with E-state index in [2.05, 4.69) is 85.1 Å². The van der Waals surface area contributed by atoms with E-state index in [4.69, 9.17) is 0 Å². The Bertz CT molecular complexity index is 985. The summed E-state index contributed by atoms with van der Waals surface area (Å²) in [6.45, 7) is 8.17. The van der Waals surface area contributed by atoms with E-state index in [1.807, 2.05) is 36.9 Å². The molecule has 39 heavy (non-hydrogen) atoms. The van der Waals surface area contributed by atoms with E-state index in [1.54, 1.807) is 0 Å². The lowest BCUT2D eigenvalue weighted by atomic mass is 9.91. The number of rotatable bonds is 19. The van der Waals surface area contributed by atoms with E-state index in [0.29, 0.717) is 26.1 Å². The minimum absolute atomic E-state index is 0.0755. The molecule has 1 aliphatic carbocycles. The van der Waals surface area contributed by atoms with Gasteiger partial charge < -0.3 is 10.2 Å². The van der Waals surface area contributed by atoms with Crippen molar-refractivity contribution in [1.82, 2.24) is 10.2 Å². The molecule has 2 unspecified atom stereocenters. The van der Waals surface area contributed by atoms with Crippen molar-refractivity contribution in [2.75, 3.05) is 19.6 Å². The average molecular weight is 531 g/mol. The highest BCUT2D eigenvalue weighted by Crippen LogP contribution is 2.55. The van der Waals surface area contributed by atoms with Crippen molar-refractivity contribution in [1.29, 1.82) is 0 Å². The summed E-state index contributed by atoms with van der Waals surface area (Å²) in [4.78, 5) is 27.7. The summed E-state index contributed by atoms with van der Waals surface area (Å²) in [5, 5.41) is 3.10. The molecule has 0 aromatic heterocycles. The van der Waals surface area contributed by atoms with Crippen LogP contribution in [0.5, 0.6) is 0 Å². The van der Waals surface area contributed by atoms with Gasteiger partial charge in [-0.3, -0.25) is 9.59 Å². The minimum Gasteiger partial charge on any atom is -0.356 e. The molecule has 4 nitrogen and oxygen atoms in total. The van der Waals surface area contributed by atoms with Crippen LogP contribution < -0.4 is 5.32 Å². The van der Waals surface area contributed by atoms with Gasteiger partial charge in [0.2, 0.25) is 11.8 Å². The normalized spacial score (nSPS) is 19.2. The van der Waals surface area contributed by atoms with Crippen LogP contribution in [0.2, 0.25) is 0 Å². The molecule has 0 radical (unpaired) electrons. The van der Waals surface area contributed by atoms with Crippen molar-refractivity contribution in [3.63, 3.8) is 0 Å². The van der Waals surface area contributed by atoms with Gasteiger partial charge in [0.05, 0.1) is 5.41 Å². The van der Waals surface area contributed by atoms with Gasteiger partial charge in [0.1, 0.15) is 0 Å². The van der Waals surface area contributed by atoms with Crippen LogP contribution in [0.3, 0.4) is 0 Å². The molecule has 2 amide bonds. The van der Waals surface area contributed by atoms with Crippen LogP contribution in [0.1, 0.15) is 84.1 Å². The van der Waals surface area contributed by atoms with Crippen molar-refractivity contribution < 1.29 is 9.59 Å². The van der Waals surface area contributed by atoms with Crippen molar-refractivity contribution in [3.8, 4) is 0 Å². The molecule has 1 aromatic rings. The molecule has 1 fully saturated rings. The Hall–Kier alpha value is -3.14. The Labute approximate surface area is 237 Å². The van der Waals surface area contributed by atoms with E-state index in [1.165, 1.54) is 0 Å². The number of hydrogen-bond donors (Lipinski definition) is 1. The van der Waals surface area contributed by atoms with E-state index >= 15 is 0 Å². The molecular formula is C35H50N2O2. The smallest absolute Gasteiger partial charge is 0.233 e. The molecule has 0 heterocycles. The first-order valence-corrected chi connectivity index (χ1v) is 15.0. The molecule has 1 aliphatic rings. The Morgan fingerprint density at radius 1 is 0.821 bits per heavy atom. The number of allylic oxidation sites excluding steroid dienone is 10. The predicted molar refractivity (Wildman–Crippen MR) is 165 cm³/mol. The number of unbranched alkanes of at least 4 members (excludes halogenated alkanes) is 1. The molecule has 4 heteroatoms. The van der Waals surface area contributed by atoms with Gasteiger partial charge in [0.15, 0.2) is 0 Å². The van der Waals surface area contributed by atoms with Crippen LogP contribution in [0.15, 0.2) is 91.1 Å². The van der Waals surface area contributed by atoms with Crippen LogP contribution in [0.25, 0.3) is 0 Å². The number of hydrogen-bond acceptors (Lipinski definition) is 2. The largest absolute Gasteiger partial charge is 0.356 e. The molecule has 0 bridgehead atoms. The van der Waals surface area contributed by atoms with Gasteiger partial charge in [0.25, 0.3) is 0 Å². The number of amides is 2. The standard InChI is InChI=1S/C35H50N2O2/c1-4-7-8-9-10-11-12-13-14-15-16-17-18-19-20-21-25-28-33(38)36-30-32-29-35(32,31-26-23-22-24-27-31)34(39)37(5-2)6-3/h7-8,10-11,13-14,16-17,19-20,22-24,26-27,32H,4-6,9,12,15,18,21,25,28-30H2,1-3H3,(H,36,38)/b8-7-,11-10-,14-13-,17-16-,20-19-. The van der Waals surface area contributed by atoms with Crippen molar-refractivity contribution in [2.45, 2.75) is 84.0 Å². The predicted octanol–water partition coefficient (Wildman–Crippen LogP) is 7.85. The first kappa shape index (κ1) is 32.1. The number of likely N-dealkylation sites (N-methyl/N-ethyl adjacent to an activating group) is 1. The topological polar surface area (TPSA) is 49.4 Å². The zero-order chi connectivity index (χ0) is 28.2. The summed E-state index contributed by atoms with van der Waals surface area (Å²) in [5.74, 6) is 0.422. The Morgan fingerprint density at radius 3 is 1.90 bits per heavy atom. The van der Waals surface area contributed by atoms with Crippen LogP contribution in [0.4, 0.5) is 0 Å². The third kappa shape index (κ3) is 11.2. The Balaban J connectivity index is 1.61. The summed E-state index contributed by atoms with van der Waals surface area (Å²) >= 11 is 0. The summed E-state index contributed by atoms with van der Waals surface area (Å²) in [6, 6.07) is 10.1. The van der Waals surface area contributed by atoms with E-state index < -0.39 is 5.41 Å². The second kappa shape index (κ2) is 19.0. The third-order valence-electron chi connectivity index (χ3n) is 7.30. The number of carbonyl (C=O) groups excluding carboxylic acids is 2. The number of carbonyl (C=O) groups is 2. The summed E-state index contributed by atoms with van der Waals surface area (Å²) in [7, 11) is 0. The molecule has 0 saturated heterocycles. The van der Waals surface area contributed by atoms with Gasteiger partial charge in [0, 0.05) is 26.1 Å². The van der Waals surface area contributed by atoms with Gasteiger partial charge >= 0.3 is 0 Å².